The molecule has 0 saturated carbocycles. The lowest BCUT2D eigenvalue weighted by Gasteiger charge is -2.36. The Morgan fingerprint density at radius 1 is 0.692 bits per heavy atom. The summed E-state index contributed by atoms with van der Waals surface area (Å²) in [7, 11) is -1.94. The van der Waals surface area contributed by atoms with Gasteiger partial charge in [0.1, 0.15) is 11.5 Å². The van der Waals surface area contributed by atoms with E-state index in [2.05, 4.69) is 33.9 Å². The van der Waals surface area contributed by atoms with Crippen molar-refractivity contribution in [1.29, 1.82) is 0 Å². The van der Waals surface area contributed by atoms with Crippen LogP contribution in [0.5, 0.6) is 11.5 Å². The van der Waals surface area contributed by atoms with Crippen LogP contribution >= 0.6 is 0 Å². The smallest absolute Gasteiger partial charge is 0.277 e. The third-order valence-corrected chi connectivity index (χ3v) is 11.0. The minimum atomic E-state index is -1.94. The molecule has 0 bridgehead atoms. The molecule has 9 heteroatoms. The van der Waals surface area contributed by atoms with Crippen LogP contribution in [-0.4, -0.2) is 23.3 Å². The average molecular weight is 545 g/mol. The Kier molecular flexibility index (Phi) is 8.87. The molecule has 4 aromatic rings. The highest BCUT2D eigenvalue weighted by Crippen LogP contribution is 2.39. The second-order valence-electron chi connectivity index (χ2n) is 10.5. The Labute approximate surface area is 229 Å². The predicted molar refractivity (Wildman–Crippen MR) is 157 cm³/mol. The van der Waals surface area contributed by atoms with Gasteiger partial charge in [0.25, 0.3) is 11.4 Å². The SMILES string of the molecule is CC(C)(C)[Si](C)(C)Oc1cccc(-c2ccccc2[N+](=O)[O-])c1.O=[N+]([O-])c1ccccc1-c1cccc(O)c1. The molecule has 0 unspecified atom stereocenters. The largest absolute Gasteiger partial charge is 0.543 e. The van der Waals surface area contributed by atoms with E-state index in [-0.39, 0.29) is 27.1 Å². The van der Waals surface area contributed by atoms with Gasteiger partial charge in [-0.1, -0.05) is 69.3 Å². The summed E-state index contributed by atoms with van der Waals surface area (Å²) in [5.74, 6) is 0.864. The van der Waals surface area contributed by atoms with Crippen molar-refractivity contribution in [1.82, 2.24) is 0 Å². The monoisotopic (exact) mass is 544 g/mol. The van der Waals surface area contributed by atoms with Crippen molar-refractivity contribution in [3.63, 3.8) is 0 Å². The number of nitrogens with zero attached hydrogens (tertiary/aromatic N) is 2. The molecule has 202 valence electrons. The van der Waals surface area contributed by atoms with Gasteiger partial charge in [-0.05, 0) is 65.7 Å². The van der Waals surface area contributed by atoms with E-state index in [4.69, 9.17) is 4.43 Å². The maximum absolute atomic E-state index is 11.2. The van der Waals surface area contributed by atoms with E-state index in [1.807, 2.05) is 30.3 Å². The van der Waals surface area contributed by atoms with E-state index in [0.29, 0.717) is 16.7 Å². The van der Waals surface area contributed by atoms with Gasteiger partial charge in [-0.15, -0.1) is 0 Å². The van der Waals surface area contributed by atoms with Crippen LogP contribution < -0.4 is 4.43 Å². The molecule has 0 aliphatic heterocycles. The summed E-state index contributed by atoms with van der Waals surface area (Å²) in [5.41, 5.74) is 2.69. The number of nitro benzene ring substituents is 2. The molecule has 4 aromatic carbocycles. The van der Waals surface area contributed by atoms with Gasteiger partial charge in [-0.2, -0.15) is 0 Å². The van der Waals surface area contributed by atoms with Crippen LogP contribution in [0.4, 0.5) is 11.4 Å². The van der Waals surface area contributed by atoms with Crippen molar-refractivity contribution in [2.24, 2.45) is 0 Å². The second kappa shape index (κ2) is 11.9. The molecule has 4 rings (SSSR count). The molecule has 0 heterocycles. The summed E-state index contributed by atoms with van der Waals surface area (Å²) >= 11 is 0. The molecule has 0 amide bonds. The van der Waals surface area contributed by atoms with E-state index in [0.717, 1.165) is 11.3 Å². The van der Waals surface area contributed by atoms with Crippen LogP contribution in [0.15, 0.2) is 97.1 Å². The Bertz CT molecular complexity index is 1480. The zero-order valence-corrected chi connectivity index (χ0v) is 23.6. The zero-order chi connectivity index (χ0) is 28.8. The maximum Gasteiger partial charge on any atom is 0.277 e. The normalized spacial score (nSPS) is 11.2. The number of aromatic hydroxyl groups is 1. The minimum Gasteiger partial charge on any atom is -0.543 e. The van der Waals surface area contributed by atoms with Gasteiger partial charge in [0.2, 0.25) is 8.32 Å². The summed E-state index contributed by atoms with van der Waals surface area (Å²) in [5, 5.41) is 31.5. The van der Waals surface area contributed by atoms with Gasteiger partial charge in [0.15, 0.2) is 0 Å². The molecule has 8 nitrogen and oxygen atoms in total. The van der Waals surface area contributed by atoms with E-state index in [1.54, 1.807) is 42.5 Å². The topological polar surface area (TPSA) is 116 Å². The first-order valence-corrected chi connectivity index (χ1v) is 15.3. The molecule has 0 saturated heterocycles. The first-order valence-electron chi connectivity index (χ1n) is 12.4. The van der Waals surface area contributed by atoms with Crippen LogP contribution in [-0.2, 0) is 0 Å². The Balaban J connectivity index is 0.000000230. The fraction of sp³-hybridized carbons (Fsp3) is 0.200. The van der Waals surface area contributed by atoms with Gasteiger partial charge in [-0.3, -0.25) is 20.2 Å². The first-order chi connectivity index (χ1) is 18.3. The van der Waals surface area contributed by atoms with Crippen molar-refractivity contribution < 1.29 is 19.4 Å². The third kappa shape index (κ3) is 7.29. The number of benzene rings is 4. The fourth-order valence-electron chi connectivity index (χ4n) is 3.60. The molecular weight excluding hydrogens is 512 g/mol. The van der Waals surface area contributed by atoms with Gasteiger partial charge in [-0.25, -0.2) is 0 Å². The third-order valence-electron chi connectivity index (χ3n) is 6.68. The summed E-state index contributed by atoms with van der Waals surface area (Å²) < 4.78 is 6.30. The summed E-state index contributed by atoms with van der Waals surface area (Å²) in [6.07, 6.45) is 0. The Morgan fingerprint density at radius 2 is 1.15 bits per heavy atom. The number of para-hydroxylation sites is 2. The number of rotatable bonds is 6. The highest BCUT2D eigenvalue weighted by Gasteiger charge is 2.39. The fourth-order valence-corrected chi connectivity index (χ4v) is 4.62. The van der Waals surface area contributed by atoms with Crippen molar-refractivity contribution in [3.8, 4) is 33.8 Å². The van der Waals surface area contributed by atoms with Gasteiger partial charge in [0.05, 0.1) is 21.0 Å². The van der Waals surface area contributed by atoms with E-state index < -0.39 is 13.2 Å². The van der Waals surface area contributed by atoms with Crippen LogP contribution in [0.25, 0.3) is 22.3 Å². The van der Waals surface area contributed by atoms with E-state index in [9.17, 15) is 25.3 Å². The van der Waals surface area contributed by atoms with Crippen molar-refractivity contribution >= 4 is 19.7 Å². The molecule has 0 aromatic heterocycles. The number of hydrogen-bond acceptors (Lipinski definition) is 6. The van der Waals surface area contributed by atoms with Crippen molar-refractivity contribution in [2.45, 2.75) is 38.9 Å². The van der Waals surface area contributed by atoms with Gasteiger partial charge < -0.3 is 9.53 Å². The number of hydrogen-bond donors (Lipinski definition) is 1. The van der Waals surface area contributed by atoms with Gasteiger partial charge >= 0.3 is 0 Å². The second-order valence-corrected chi connectivity index (χ2v) is 15.2. The molecule has 0 aliphatic rings. The molecule has 0 atom stereocenters. The number of phenols is 1. The highest BCUT2D eigenvalue weighted by atomic mass is 28.4. The van der Waals surface area contributed by atoms with E-state index >= 15 is 0 Å². The van der Waals surface area contributed by atoms with Crippen LogP contribution in [0.1, 0.15) is 20.8 Å². The molecule has 39 heavy (non-hydrogen) atoms. The van der Waals surface area contributed by atoms with Gasteiger partial charge in [0, 0.05) is 12.1 Å². The summed E-state index contributed by atoms with van der Waals surface area (Å²) in [6.45, 7) is 10.9. The Hall–Kier alpha value is -4.50. The minimum absolute atomic E-state index is 0.0353. The molecule has 0 spiro atoms. The molecule has 0 radical (unpaired) electrons. The predicted octanol–water partition coefficient (Wildman–Crippen LogP) is 8.61. The van der Waals surface area contributed by atoms with Crippen molar-refractivity contribution in [3.05, 3.63) is 117 Å². The zero-order valence-electron chi connectivity index (χ0n) is 22.6. The molecule has 1 N–H and O–H groups in total. The molecule has 0 aliphatic carbocycles. The van der Waals surface area contributed by atoms with Crippen LogP contribution in [0, 0.1) is 20.2 Å². The molecule has 0 fully saturated rings. The average Bonchev–Trinajstić information content (AvgIpc) is 2.88. The lowest BCUT2D eigenvalue weighted by Crippen LogP contribution is -2.43. The summed E-state index contributed by atoms with van der Waals surface area (Å²) in [6, 6.07) is 27.2. The number of phenolic OH excluding ortho intramolecular Hbond substituents is 1. The van der Waals surface area contributed by atoms with Crippen molar-refractivity contribution in [2.75, 3.05) is 0 Å². The molecular formula is C30H32N2O6Si. The van der Waals surface area contributed by atoms with Crippen LogP contribution in [0.3, 0.4) is 0 Å². The maximum atomic E-state index is 11.2. The summed E-state index contributed by atoms with van der Waals surface area (Å²) in [4.78, 5) is 21.3. The lowest BCUT2D eigenvalue weighted by molar-refractivity contribution is -0.384. The quantitative estimate of drug-likeness (QED) is 0.148. The van der Waals surface area contributed by atoms with Crippen LogP contribution in [0.2, 0.25) is 18.1 Å². The van der Waals surface area contributed by atoms with E-state index in [1.165, 1.54) is 24.3 Å². The first kappa shape index (κ1) is 29.1. The standard InChI is InChI=1S/C18H23NO3Si.C12H9NO3/c1-18(2,3)23(4,5)22-15-10-8-9-14(13-15)16-11-6-7-12-17(16)19(20)21;14-10-5-3-4-9(8-10)11-6-1-2-7-12(11)13(15)16/h6-13H,1-5H3;1-8,14H. The Morgan fingerprint density at radius 3 is 1.62 bits per heavy atom. The number of nitro groups is 2. The highest BCUT2D eigenvalue weighted by molar-refractivity contribution is 6.74. The lowest BCUT2D eigenvalue weighted by atomic mass is 10.0.